The van der Waals surface area contributed by atoms with Gasteiger partial charge in [-0.15, -0.1) is 24.0 Å². The van der Waals surface area contributed by atoms with Gasteiger partial charge in [0.05, 0.1) is 12.6 Å². The summed E-state index contributed by atoms with van der Waals surface area (Å²) in [5, 5.41) is 10.8. The molecular formula is C15H22IN5. The zero-order chi connectivity index (χ0) is 14.2. The van der Waals surface area contributed by atoms with Gasteiger partial charge in [0.2, 0.25) is 0 Å². The van der Waals surface area contributed by atoms with Crippen LogP contribution in [0.1, 0.15) is 18.5 Å². The van der Waals surface area contributed by atoms with Gasteiger partial charge in [0, 0.05) is 26.0 Å². The molecule has 1 aromatic heterocycles. The predicted molar refractivity (Wildman–Crippen MR) is 97.0 cm³/mol. The first-order valence-electron chi connectivity index (χ1n) is 6.79. The minimum Gasteiger partial charge on any atom is -0.355 e. The Hall–Kier alpha value is -1.57. The molecule has 0 saturated heterocycles. The molecule has 1 unspecified atom stereocenters. The number of aromatic nitrogens is 2. The molecule has 0 aliphatic carbocycles. The van der Waals surface area contributed by atoms with E-state index in [1.807, 2.05) is 35.1 Å². The Kier molecular flexibility index (Phi) is 7.81. The first-order chi connectivity index (χ1) is 9.79. The summed E-state index contributed by atoms with van der Waals surface area (Å²) in [6.45, 7) is 3.71. The largest absolute Gasteiger partial charge is 0.355 e. The molecule has 0 aliphatic rings. The van der Waals surface area contributed by atoms with Crippen LogP contribution in [0.5, 0.6) is 0 Å². The zero-order valence-corrected chi connectivity index (χ0v) is 14.7. The van der Waals surface area contributed by atoms with Crippen LogP contribution in [-0.2, 0) is 6.54 Å². The molecule has 0 spiro atoms. The summed E-state index contributed by atoms with van der Waals surface area (Å²) in [4.78, 5) is 4.24. The number of hydrogen-bond donors (Lipinski definition) is 2. The number of aliphatic imine (C=N–C) groups is 1. The van der Waals surface area contributed by atoms with Gasteiger partial charge in [-0.05, 0) is 18.6 Å². The Bertz CT molecular complexity index is 524. The zero-order valence-electron chi connectivity index (χ0n) is 12.4. The molecule has 5 nitrogen and oxygen atoms in total. The van der Waals surface area contributed by atoms with E-state index in [0.717, 1.165) is 19.0 Å². The smallest absolute Gasteiger partial charge is 0.191 e. The lowest BCUT2D eigenvalue weighted by Gasteiger charge is -2.18. The van der Waals surface area contributed by atoms with Crippen LogP contribution in [0.15, 0.2) is 53.8 Å². The average Bonchev–Trinajstić information content (AvgIpc) is 3.00. The monoisotopic (exact) mass is 399 g/mol. The summed E-state index contributed by atoms with van der Waals surface area (Å²) in [5.41, 5.74) is 1.24. The molecule has 2 rings (SSSR count). The average molecular weight is 399 g/mol. The van der Waals surface area contributed by atoms with Crippen LogP contribution in [0, 0.1) is 0 Å². The molecule has 0 saturated carbocycles. The van der Waals surface area contributed by atoms with E-state index in [2.05, 4.69) is 39.8 Å². The lowest BCUT2D eigenvalue weighted by atomic mass is 10.1. The third kappa shape index (κ3) is 5.74. The Labute approximate surface area is 142 Å². The Morgan fingerprint density at radius 1 is 1.29 bits per heavy atom. The van der Waals surface area contributed by atoms with Gasteiger partial charge in [0.25, 0.3) is 0 Å². The van der Waals surface area contributed by atoms with Crippen LogP contribution in [0.2, 0.25) is 0 Å². The van der Waals surface area contributed by atoms with Crippen molar-refractivity contribution in [1.82, 2.24) is 20.4 Å². The van der Waals surface area contributed by atoms with E-state index in [1.54, 1.807) is 13.2 Å². The number of rotatable bonds is 5. The lowest BCUT2D eigenvalue weighted by molar-refractivity contribution is 0.591. The van der Waals surface area contributed by atoms with Crippen LogP contribution in [0.4, 0.5) is 0 Å². The maximum atomic E-state index is 4.24. The highest BCUT2D eigenvalue weighted by molar-refractivity contribution is 14.0. The molecule has 1 aromatic carbocycles. The number of nitrogens with one attached hydrogen (secondary N) is 2. The van der Waals surface area contributed by atoms with Gasteiger partial charge in [0.1, 0.15) is 0 Å². The summed E-state index contributed by atoms with van der Waals surface area (Å²) < 4.78 is 1.89. The van der Waals surface area contributed by atoms with E-state index in [9.17, 15) is 0 Å². The first-order valence-corrected chi connectivity index (χ1v) is 6.79. The van der Waals surface area contributed by atoms with Crippen molar-refractivity contribution in [3.05, 3.63) is 54.4 Å². The van der Waals surface area contributed by atoms with Crippen molar-refractivity contribution in [2.75, 3.05) is 13.6 Å². The number of halogens is 1. The van der Waals surface area contributed by atoms with E-state index in [0.29, 0.717) is 0 Å². The SMILES string of the molecule is CN=C(NCCn1cccn1)NC(C)c1ccccc1.I. The summed E-state index contributed by atoms with van der Waals surface area (Å²) >= 11 is 0. The van der Waals surface area contributed by atoms with E-state index in [-0.39, 0.29) is 30.0 Å². The molecule has 1 atom stereocenters. The molecule has 21 heavy (non-hydrogen) atoms. The fraction of sp³-hybridized carbons (Fsp3) is 0.333. The molecule has 0 fully saturated rings. The normalized spacial score (nSPS) is 12.4. The van der Waals surface area contributed by atoms with Crippen LogP contribution >= 0.6 is 24.0 Å². The van der Waals surface area contributed by atoms with E-state index < -0.39 is 0 Å². The van der Waals surface area contributed by atoms with Crippen LogP contribution in [-0.4, -0.2) is 29.3 Å². The molecule has 1 heterocycles. The third-order valence-electron chi connectivity index (χ3n) is 3.07. The van der Waals surface area contributed by atoms with Crippen molar-refractivity contribution in [2.24, 2.45) is 4.99 Å². The van der Waals surface area contributed by atoms with Gasteiger partial charge >= 0.3 is 0 Å². The molecule has 0 radical (unpaired) electrons. The summed E-state index contributed by atoms with van der Waals surface area (Å²) in [7, 11) is 1.78. The molecule has 114 valence electrons. The van der Waals surface area contributed by atoms with E-state index >= 15 is 0 Å². The standard InChI is InChI=1S/C15H21N5.HI/c1-13(14-7-4-3-5-8-14)19-15(16-2)17-10-12-20-11-6-9-18-20;/h3-9,11,13H,10,12H2,1-2H3,(H2,16,17,19);1H. The van der Waals surface area contributed by atoms with Gasteiger partial charge in [-0.1, -0.05) is 30.3 Å². The van der Waals surface area contributed by atoms with Gasteiger partial charge in [-0.3, -0.25) is 9.67 Å². The Balaban J connectivity index is 0.00000220. The fourth-order valence-electron chi connectivity index (χ4n) is 1.95. The molecular weight excluding hydrogens is 377 g/mol. The maximum absolute atomic E-state index is 4.24. The molecule has 0 amide bonds. The Morgan fingerprint density at radius 2 is 2.05 bits per heavy atom. The van der Waals surface area contributed by atoms with Crippen LogP contribution in [0.3, 0.4) is 0 Å². The highest BCUT2D eigenvalue weighted by Gasteiger charge is 2.06. The van der Waals surface area contributed by atoms with Gasteiger partial charge < -0.3 is 10.6 Å². The molecule has 6 heteroatoms. The van der Waals surface area contributed by atoms with Crippen molar-refractivity contribution in [3.8, 4) is 0 Å². The van der Waals surface area contributed by atoms with Crippen LogP contribution < -0.4 is 10.6 Å². The topological polar surface area (TPSA) is 54.2 Å². The maximum Gasteiger partial charge on any atom is 0.191 e. The highest BCUT2D eigenvalue weighted by Crippen LogP contribution is 2.10. The summed E-state index contributed by atoms with van der Waals surface area (Å²) in [6, 6.07) is 12.5. The van der Waals surface area contributed by atoms with Crippen molar-refractivity contribution >= 4 is 29.9 Å². The van der Waals surface area contributed by atoms with Gasteiger partial charge in [0.15, 0.2) is 5.96 Å². The number of hydrogen-bond acceptors (Lipinski definition) is 2. The van der Waals surface area contributed by atoms with Crippen molar-refractivity contribution < 1.29 is 0 Å². The minimum absolute atomic E-state index is 0. The highest BCUT2D eigenvalue weighted by atomic mass is 127. The minimum atomic E-state index is 0. The number of benzene rings is 1. The fourth-order valence-corrected chi connectivity index (χ4v) is 1.95. The van der Waals surface area contributed by atoms with Crippen LogP contribution in [0.25, 0.3) is 0 Å². The molecule has 2 aromatic rings. The molecule has 0 bridgehead atoms. The third-order valence-corrected chi connectivity index (χ3v) is 3.07. The second-order valence-electron chi connectivity index (χ2n) is 4.54. The number of nitrogens with zero attached hydrogens (tertiary/aromatic N) is 3. The first kappa shape index (κ1) is 17.5. The lowest BCUT2D eigenvalue weighted by Crippen LogP contribution is -2.40. The molecule has 2 N–H and O–H groups in total. The Morgan fingerprint density at radius 3 is 2.67 bits per heavy atom. The van der Waals surface area contributed by atoms with Gasteiger partial charge in [-0.2, -0.15) is 5.10 Å². The van der Waals surface area contributed by atoms with Crippen molar-refractivity contribution in [3.63, 3.8) is 0 Å². The van der Waals surface area contributed by atoms with Gasteiger partial charge in [-0.25, -0.2) is 0 Å². The predicted octanol–water partition coefficient (Wildman–Crippen LogP) is 2.43. The summed E-state index contributed by atoms with van der Waals surface area (Å²) in [6.07, 6.45) is 3.73. The second-order valence-corrected chi connectivity index (χ2v) is 4.54. The van der Waals surface area contributed by atoms with E-state index in [1.165, 1.54) is 5.56 Å². The summed E-state index contributed by atoms with van der Waals surface area (Å²) in [5.74, 6) is 0.800. The van der Waals surface area contributed by atoms with Crippen molar-refractivity contribution in [1.29, 1.82) is 0 Å². The van der Waals surface area contributed by atoms with E-state index in [4.69, 9.17) is 0 Å². The number of guanidine groups is 1. The second kappa shape index (κ2) is 9.38. The molecule has 0 aliphatic heterocycles. The van der Waals surface area contributed by atoms with Crippen molar-refractivity contribution in [2.45, 2.75) is 19.5 Å². The quantitative estimate of drug-likeness (QED) is 0.462.